The van der Waals surface area contributed by atoms with Gasteiger partial charge >= 0.3 is 0 Å². The summed E-state index contributed by atoms with van der Waals surface area (Å²) >= 11 is 7.52. The number of benzene rings is 1. The molecule has 1 amide bonds. The minimum Gasteiger partial charge on any atom is -0.360 e. The molecule has 0 aliphatic heterocycles. The first-order valence-corrected chi connectivity index (χ1v) is 8.76. The van der Waals surface area contributed by atoms with Gasteiger partial charge in [0.25, 0.3) is 0 Å². The van der Waals surface area contributed by atoms with E-state index in [4.69, 9.17) is 16.1 Å². The van der Waals surface area contributed by atoms with E-state index in [0.29, 0.717) is 27.6 Å². The molecule has 1 N–H and O–H groups in total. The Hall–Kier alpha value is -2.32. The number of hydrogen-bond donors (Lipinski definition) is 1. The molecule has 130 valence electrons. The molecule has 0 spiro atoms. The maximum atomic E-state index is 12.3. The second kappa shape index (κ2) is 7.28. The molecular formula is C16H16ClN5O2S. The van der Waals surface area contributed by atoms with Gasteiger partial charge in [0.15, 0.2) is 16.8 Å². The zero-order valence-electron chi connectivity index (χ0n) is 13.9. The van der Waals surface area contributed by atoms with Crippen LogP contribution in [0.3, 0.4) is 0 Å². The summed E-state index contributed by atoms with van der Waals surface area (Å²) in [5, 5.41) is 15.7. The summed E-state index contributed by atoms with van der Waals surface area (Å²) < 4.78 is 6.75. The molecule has 0 aliphatic carbocycles. The standard InChI is InChI=1S/C16H16ClN5O2S/c1-9-8-13(21-24-9)18-15(23)10(2)25-16-20-19-14(22(16)3)11-6-4-5-7-12(11)17/h4-8,10H,1-3H3,(H,18,21,23)/t10-/m1/s1. The fraction of sp³-hybridized carbons (Fsp3) is 0.250. The highest BCUT2D eigenvalue weighted by Gasteiger charge is 2.21. The largest absolute Gasteiger partial charge is 0.360 e. The van der Waals surface area contributed by atoms with Crippen LogP contribution in [0.25, 0.3) is 11.4 Å². The Morgan fingerprint density at radius 1 is 1.36 bits per heavy atom. The number of carbonyl (C=O) groups is 1. The molecule has 1 atom stereocenters. The lowest BCUT2D eigenvalue weighted by Crippen LogP contribution is -2.23. The van der Waals surface area contributed by atoms with E-state index >= 15 is 0 Å². The Morgan fingerprint density at radius 2 is 2.12 bits per heavy atom. The smallest absolute Gasteiger partial charge is 0.238 e. The van der Waals surface area contributed by atoms with Gasteiger partial charge in [-0.1, -0.05) is 40.7 Å². The number of aryl methyl sites for hydroxylation is 1. The Balaban J connectivity index is 1.73. The fourth-order valence-corrected chi connectivity index (χ4v) is 3.19. The number of amides is 1. The third-order valence-corrected chi connectivity index (χ3v) is 4.94. The minimum absolute atomic E-state index is 0.194. The highest BCUT2D eigenvalue weighted by molar-refractivity contribution is 8.00. The maximum absolute atomic E-state index is 12.3. The van der Waals surface area contributed by atoms with Gasteiger partial charge in [-0.2, -0.15) is 0 Å². The van der Waals surface area contributed by atoms with Crippen LogP contribution < -0.4 is 5.32 Å². The summed E-state index contributed by atoms with van der Waals surface area (Å²) in [5.41, 5.74) is 0.793. The topological polar surface area (TPSA) is 85.8 Å². The van der Waals surface area contributed by atoms with Gasteiger partial charge in [-0.25, -0.2) is 0 Å². The molecule has 2 heterocycles. The van der Waals surface area contributed by atoms with Gasteiger partial charge in [0.2, 0.25) is 5.91 Å². The highest BCUT2D eigenvalue weighted by Crippen LogP contribution is 2.29. The van der Waals surface area contributed by atoms with E-state index in [1.54, 1.807) is 26.0 Å². The van der Waals surface area contributed by atoms with E-state index in [2.05, 4.69) is 20.7 Å². The molecule has 1 aromatic carbocycles. The van der Waals surface area contributed by atoms with Crippen LogP contribution in [0.15, 0.2) is 40.0 Å². The Bertz CT molecular complexity index is 908. The van der Waals surface area contributed by atoms with Crippen molar-refractivity contribution in [2.45, 2.75) is 24.3 Å². The number of nitrogens with zero attached hydrogens (tertiary/aromatic N) is 4. The molecule has 0 fully saturated rings. The summed E-state index contributed by atoms with van der Waals surface area (Å²) in [7, 11) is 1.84. The van der Waals surface area contributed by atoms with Crippen molar-refractivity contribution in [2.24, 2.45) is 7.05 Å². The molecule has 9 heteroatoms. The Morgan fingerprint density at radius 3 is 2.80 bits per heavy atom. The number of aromatic nitrogens is 4. The number of hydrogen-bond acceptors (Lipinski definition) is 6. The van der Waals surface area contributed by atoms with Gasteiger partial charge in [-0.05, 0) is 26.0 Å². The Labute approximate surface area is 153 Å². The number of anilines is 1. The molecule has 3 rings (SSSR count). The third kappa shape index (κ3) is 3.85. The molecule has 7 nitrogen and oxygen atoms in total. The minimum atomic E-state index is -0.390. The van der Waals surface area contributed by atoms with Crippen molar-refractivity contribution in [3.63, 3.8) is 0 Å². The summed E-state index contributed by atoms with van der Waals surface area (Å²) in [4.78, 5) is 12.3. The maximum Gasteiger partial charge on any atom is 0.238 e. The van der Waals surface area contributed by atoms with Crippen LogP contribution in [-0.4, -0.2) is 31.1 Å². The van der Waals surface area contributed by atoms with Crippen molar-refractivity contribution < 1.29 is 9.32 Å². The second-order valence-electron chi connectivity index (χ2n) is 5.42. The van der Waals surface area contributed by atoms with E-state index in [1.165, 1.54) is 11.8 Å². The van der Waals surface area contributed by atoms with Gasteiger partial charge in [0.05, 0.1) is 10.3 Å². The first-order chi connectivity index (χ1) is 12.0. The van der Waals surface area contributed by atoms with Crippen LogP contribution in [0.2, 0.25) is 5.02 Å². The normalized spacial score (nSPS) is 12.2. The number of carbonyl (C=O) groups excluding carboxylic acids is 1. The summed E-state index contributed by atoms with van der Waals surface area (Å²) in [6, 6.07) is 9.08. The van der Waals surface area contributed by atoms with Gasteiger partial charge < -0.3 is 14.4 Å². The molecule has 0 bridgehead atoms. The van der Waals surface area contributed by atoms with Crippen LogP contribution >= 0.6 is 23.4 Å². The molecule has 0 saturated carbocycles. The molecule has 0 saturated heterocycles. The molecule has 3 aromatic rings. The zero-order chi connectivity index (χ0) is 18.0. The number of nitrogens with one attached hydrogen (secondary N) is 1. The van der Waals surface area contributed by atoms with E-state index in [9.17, 15) is 4.79 Å². The lowest BCUT2D eigenvalue weighted by atomic mass is 10.2. The quantitative estimate of drug-likeness (QED) is 0.684. The molecule has 2 aromatic heterocycles. The molecule has 25 heavy (non-hydrogen) atoms. The van der Waals surface area contributed by atoms with Gasteiger partial charge in [-0.3, -0.25) is 4.79 Å². The summed E-state index contributed by atoms with van der Waals surface area (Å²) in [5.74, 6) is 1.48. The summed E-state index contributed by atoms with van der Waals surface area (Å²) in [6.45, 7) is 3.55. The number of rotatable bonds is 5. The van der Waals surface area contributed by atoms with E-state index < -0.39 is 0 Å². The van der Waals surface area contributed by atoms with Crippen LogP contribution in [0.4, 0.5) is 5.82 Å². The Kier molecular flexibility index (Phi) is 5.10. The van der Waals surface area contributed by atoms with Gasteiger partial charge in [0, 0.05) is 18.7 Å². The summed E-state index contributed by atoms with van der Waals surface area (Å²) in [6.07, 6.45) is 0. The van der Waals surface area contributed by atoms with Crippen molar-refractivity contribution in [2.75, 3.05) is 5.32 Å². The third-order valence-electron chi connectivity index (χ3n) is 3.48. The average Bonchev–Trinajstić information content (AvgIpc) is 3.14. The fourth-order valence-electron chi connectivity index (χ4n) is 2.16. The molecule has 0 unspecified atom stereocenters. The van der Waals surface area contributed by atoms with Crippen molar-refractivity contribution in [1.29, 1.82) is 0 Å². The van der Waals surface area contributed by atoms with Gasteiger partial charge in [0.1, 0.15) is 5.76 Å². The SMILES string of the molecule is Cc1cc(NC(=O)[C@@H](C)Sc2nnc(-c3ccccc3Cl)n2C)no1. The van der Waals surface area contributed by atoms with Crippen molar-refractivity contribution >= 4 is 35.1 Å². The van der Waals surface area contributed by atoms with Crippen LogP contribution in [0.1, 0.15) is 12.7 Å². The van der Waals surface area contributed by atoms with Crippen LogP contribution in [0.5, 0.6) is 0 Å². The zero-order valence-corrected chi connectivity index (χ0v) is 15.4. The predicted molar refractivity (Wildman–Crippen MR) is 96.6 cm³/mol. The molecular weight excluding hydrogens is 362 g/mol. The van der Waals surface area contributed by atoms with E-state index in [0.717, 1.165) is 5.56 Å². The van der Waals surface area contributed by atoms with Crippen molar-refractivity contribution in [3.8, 4) is 11.4 Å². The monoisotopic (exact) mass is 377 g/mol. The first-order valence-electron chi connectivity index (χ1n) is 7.51. The van der Waals surface area contributed by atoms with Crippen LogP contribution in [-0.2, 0) is 11.8 Å². The second-order valence-corrected chi connectivity index (χ2v) is 7.13. The highest BCUT2D eigenvalue weighted by atomic mass is 35.5. The number of halogens is 1. The number of thioether (sulfide) groups is 1. The average molecular weight is 378 g/mol. The predicted octanol–water partition coefficient (Wildman–Crippen LogP) is 3.55. The molecule has 0 radical (unpaired) electrons. The first kappa shape index (κ1) is 17.5. The van der Waals surface area contributed by atoms with E-state index in [1.807, 2.05) is 29.8 Å². The lowest BCUT2D eigenvalue weighted by Gasteiger charge is -2.10. The van der Waals surface area contributed by atoms with Crippen molar-refractivity contribution in [1.82, 2.24) is 19.9 Å². The van der Waals surface area contributed by atoms with Gasteiger partial charge in [-0.15, -0.1) is 10.2 Å². The molecule has 0 aliphatic rings. The van der Waals surface area contributed by atoms with Crippen molar-refractivity contribution in [3.05, 3.63) is 41.1 Å². The van der Waals surface area contributed by atoms with Crippen LogP contribution in [0, 0.1) is 6.92 Å². The van der Waals surface area contributed by atoms with E-state index in [-0.39, 0.29) is 11.2 Å². The lowest BCUT2D eigenvalue weighted by molar-refractivity contribution is -0.115.